The normalized spacial score (nSPS) is 30.8. The highest BCUT2D eigenvalue weighted by atomic mass is 16.5. The Kier molecular flexibility index (Phi) is 2.88. The Labute approximate surface area is 94.6 Å². The molecule has 0 spiro atoms. The lowest BCUT2D eigenvalue weighted by molar-refractivity contribution is 0.00821. The van der Waals surface area contributed by atoms with Crippen LogP contribution < -0.4 is 5.32 Å². The number of ether oxygens (including phenoxy) is 1. The molecule has 3 heterocycles. The number of nitrogens with one attached hydrogen (secondary N) is 1. The lowest BCUT2D eigenvalue weighted by Crippen LogP contribution is -2.15. The topological polar surface area (TPSA) is 60.2 Å². The molecular formula is C11H17N3O2. The molecule has 16 heavy (non-hydrogen) atoms. The third-order valence-electron chi connectivity index (χ3n) is 3.28. The van der Waals surface area contributed by atoms with Crippen molar-refractivity contribution in [3.63, 3.8) is 0 Å². The van der Waals surface area contributed by atoms with Crippen LogP contribution in [0.5, 0.6) is 0 Å². The van der Waals surface area contributed by atoms with Crippen molar-refractivity contribution in [2.24, 2.45) is 0 Å². The maximum atomic E-state index is 5.63. The standard InChI is InChI=1S/C11H17N3O2/c1-2-7-15-9(5-1)10-13-11(16-14-10)8-4-3-6-12-8/h8-9,12H,1-7H2. The Morgan fingerprint density at radius 2 is 2.19 bits per heavy atom. The van der Waals surface area contributed by atoms with E-state index in [2.05, 4.69) is 15.5 Å². The molecular weight excluding hydrogens is 206 g/mol. The third kappa shape index (κ3) is 1.97. The van der Waals surface area contributed by atoms with Gasteiger partial charge >= 0.3 is 0 Å². The van der Waals surface area contributed by atoms with Gasteiger partial charge in [0, 0.05) is 6.61 Å². The van der Waals surface area contributed by atoms with Crippen LogP contribution in [0.2, 0.25) is 0 Å². The van der Waals surface area contributed by atoms with E-state index < -0.39 is 0 Å². The number of nitrogens with zero attached hydrogens (tertiary/aromatic N) is 2. The molecule has 1 aromatic heterocycles. The predicted octanol–water partition coefficient (Wildman–Crippen LogP) is 1.74. The summed E-state index contributed by atoms with van der Waals surface area (Å²) in [6, 6.07) is 0.254. The largest absolute Gasteiger partial charge is 0.370 e. The zero-order valence-electron chi connectivity index (χ0n) is 9.32. The van der Waals surface area contributed by atoms with Gasteiger partial charge in [-0.2, -0.15) is 4.98 Å². The number of rotatable bonds is 2. The van der Waals surface area contributed by atoms with Crippen LogP contribution in [0.3, 0.4) is 0 Å². The zero-order chi connectivity index (χ0) is 10.8. The molecule has 3 rings (SSSR count). The Bertz CT molecular complexity index is 341. The fourth-order valence-electron chi connectivity index (χ4n) is 2.36. The van der Waals surface area contributed by atoms with Gasteiger partial charge in [-0.25, -0.2) is 0 Å². The van der Waals surface area contributed by atoms with Crippen LogP contribution >= 0.6 is 0 Å². The van der Waals surface area contributed by atoms with Crippen LogP contribution in [0.25, 0.3) is 0 Å². The minimum Gasteiger partial charge on any atom is -0.370 e. The maximum absolute atomic E-state index is 5.63. The van der Waals surface area contributed by atoms with E-state index in [4.69, 9.17) is 9.26 Å². The highest BCUT2D eigenvalue weighted by Gasteiger charge is 2.26. The highest BCUT2D eigenvalue weighted by molar-refractivity contribution is 4.98. The van der Waals surface area contributed by atoms with Crippen LogP contribution in [0.4, 0.5) is 0 Å². The van der Waals surface area contributed by atoms with Crippen LogP contribution in [-0.2, 0) is 4.74 Å². The highest BCUT2D eigenvalue weighted by Crippen LogP contribution is 2.28. The van der Waals surface area contributed by atoms with Crippen molar-refractivity contribution in [2.75, 3.05) is 13.2 Å². The first-order valence-electron chi connectivity index (χ1n) is 6.12. The lowest BCUT2D eigenvalue weighted by atomic mass is 10.1. The Morgan fingerprint density at radius 1 is 1.19 bits per heavy atom. The third-order valence-corrected chi connectivity index (χ3v) is 3.28. The molecule has 2 unspecified atom stereocenters. The van der Waals surface area contributed by atoms with Crippen molar-refractivity contribution in [1.82, 2.24) is 15.5 Å². The molecule has 1 aromatic rings. The van der Waals surface area contributed by atoms with Crippen molar-refractivity contribution in [1.29, 1.82) is 0 Å². The molecule has 2 aliphatic rings. The van der Waals surface area contributed by atoms with Crippen LogP contribution in [0.1, 0.15) is 56.0 Å². The average Bonchev–Trinajstić information content (AvgIpc) is 3.01. The second kappa shape index (κ2) is 4.51. The van der Waals surface area contributed by atoms with E-state index in [1.807, 2.05) is 0 Å². The average molecular weight is 223 g/mol. The second-order valence-electron chi connectivity index (χ2n) is 4.49. The molecule has 2 fully saturated rings. The summed E-state index contributed by atoms with van der Waals surface area (Å²) in [4.78, 5) is 4.45. The maximum Gasteiger partial charge on any atom is 0.243 e. The van der Waals surface area contributed by atoms with Gasteiger partial charge in [0.25, 0.3) is 0 Å². The predicted molar refractivity (Wildman–Crippen MR) is 56.8 cm³/mol. The molecule has 0 aliphatic carbocycles. The van der Waals surface area contributed by atoms with Gasteiger partial charge in [0.2, 0.25) is 11.7 Å². The summed E-state index contributed by atoms with van der Waals surface area (Å²) < 4.78 is 10.9. The van der Waals surface area contributed by atoms with E-state index in [0.717, 1.165) is 44.1 Å². The van der Waals surface area contributed by atoms with E-state index in [0.29, 0.717) is 0 Å². The SMILES string of the molecule is C1CCC(c2noc(C3CCCN3)n2)OC1. The molecule has 0 saturated carbocycles. The Balaban J connectivity index is 1.71. The fraction of sp³-hybridized carbons (Fsp3) is 0.818. The Morgan fingerprint density at radius 3 is 2.94 bits per heavy atom. The zero-order valence-corrected chi connectivity index (χ0v) is 9.32. The van der Waals surface area contributed by atoms with Crippen LogP contribution in [0.15, 0.2) is 4.52 Å². The molecule has 5 nitrogen and oxygen atoms in total. The van der Waals surface area contributed by atoms with Gasteiger partial charge in [-0.1, -0.05) is 5.16 Å². The summed E-state index contributed by atoms with van der Waals surface area (Å²) in [7, 11) is 0. The van der Waals surface area contributed by atoms with Gasteiger partial charge in [-0.05, 0) is 38.6 Å². The van der Waals surface area contributed by atoms with Crippen LogP contribution in [0, 0.1) is 0 Å². The number of hydrogen-bond acceptors (Lipinski definition) is 5. The first kappa shape index (κ1) is 10.2. The number of hydrogen-bond donors (Lipinski definition) is 1. The summed E-state index contributed by atoms with van der Waals surface area (Å²) in [5.74, 6) is 1.45. The summed E-state index contributed by atoms with van der Waals surface area (Å²) in [6.07, 6.45) is 5.67. The van der Waals surface area contributed by atoms with Gasteiger partial charge < -0.3 is 14.6 Å². The second-order valence-corrected chi connectivity index (χ2v) is 4.49. The summed E-state index contributed by atoms with van der Waals surface area (Å²) in [6.45, 7) is 1.86. The van der Waals surface area contributed by atoms with Gasteiger partial charge in [-0.15, -0.1) is 0 Å². The minimum absolute atomic E-state index is 0.0488. The van der Waals surface area contributed by atoms with Gasteiger partial charge in [0.05, 0.1) is 6.04 Å². The molecule has 2 aliphatic heterocycles. The molecule has 0 bridgehead atoms. The van der Waals surface area contributed by atoms with E-state index in [1.54, 1.807) is 0 Å². The van der Waals surface area contributed by atoms with Crippen LogP contribution in [-0.4, -0.2) is 23.3 Å². The van der Waals surface area contributed by atoms with E-state index >= 15 is 0 Å². The molecule has 5 heteroatoms. The van der Waals surface area contributed by atoms with Crippen molar-refractivity contribution < 1.29 is 9.26 Å². The molecule has 0 aromatic carbocycles. The molecule has 0 amide bonds. The first-order chi connectivity index (χ1) is 7.93. The molecule has 0 radical (unpaired) electrons. The fourth-order valence-corrected chi connectivity index (χ4v) is 2.36. The minimum atomic E-state index is 0.0488. The van der Waals surface area contributed by atoms with Gasteiger partial charge in [0.1, 0.15) is 6.10 Å². The van der Waals surface area contributed by atoms with Gasteiger partial charge in [0.15, 0.2) is 0 Å². The first-order valence-corrected chi connectivity index (χ1v) is 6.12. The van der Waals surface area contributed by atoms with E-state index in [1.165, 1.54) is 12.8 Å². The molecule has 1 N–H and O–H groups in total. The monoisotopic (exact) mass is 223 g/mol. The van der Waals surface area contributed by atoms with E-state index in [9.17, 15) is 0 Å². The summed E-state index contributed by atoms with van der Waals surface area (Å²) in [5, 5.41) is 7.39. The van der Waals surface area contributed by atoms with E-state index in [-0.39, 0.29) is 12.1 Å². The summed E-state index contributed by atoms with van der Waals surface area (Å²) in [5.41, 5.74) is 0. The van der Waals surface area contributed by atoms with Gasteiger partial charge in [-0.3, -0.25) is 0 Å². The molecule has 2 atom stereocenters. The van der Waals surface area contributed by atoms with Crippen molar-refractivity contribution >= 4 is 0 Å². The Hall–Kier alpha value is -0.940. The number of aromatic nitrogens is 2. The van der Waals surface area contributed by atoms with Crippen molar-refractivity contribution in [2.45, 2.75) is 44.2 Å². The van der Waals surface area contributed by atoms with Crippen molar-refractivity contribution in [3.8, 4) is 0 Å². The van der Waals surface area contributed by atoms with Crippen molar-refractivity contribution in [3.05, 3.63) is 11.7 Å². The smallest absolute Gasteiger partial charge is 0.243 e. The quantitative estimate of drug-likeness (QED) is 0.827. The lowest BCUT2D eigenvalue weighted by Gasteiger charge is -2.18. The summed E-state index contributed by atoms with van der Waals surface area (Å²) >= 11 is 0. The molecule has 88 valence electrons. The molecule has 2 saturated heterocycles.